The van der Waals surface area contributed by atoms with Gasteiger partial charge in [-0.05, 0) is 26.3 Å². The Morgan fingerprint density at radius 2 is 2.00 bits per heavy atom. The summed E-state index contributed by atoms with van der Waals surface area (Å²) in [6.07, 6.45) is 0. The number of amides is 1. The van der Waals surface area contributed by atoms with Gasteiger partial charge in [0.25, 0.3) is 0 Å². The molecule has 0 aliphatic rings. The van der Waals surface area contributed by atoms with Crippen LogP contribution in [0, 0.1) is 0 Å². The molecule has 1 atom stereocenters. The molecule has 0 spiro atoms. The second kappa shape index (κ2) is 7.90. The van der Waals surface area contributed by atoms with Crippen molar-refractivity contribution < 1.29 is 9.53 Å². The maximum absolute atomic E-state index is 12.0. The summed E-state index contributed by atoms with van der Waals surface area (Å²) in [6.45, 7) is 6.06. The fourth-order valence-corrected chi connectivity index (χ4v) is 1.64. The largest absolute Gasteiger partial charge is 0.374 e. The van der Waals surface area contributed by atoms with E-state index in [1.807, 2.05) is 37.3 Å². The van der Waals surface area contributed by atoms with Gasteiger partial charge in [0, 0.05) is 12.8 Å². The predicted molar refractivity (Wildman–Crippen MR) is 85.3 cm³/mol. The first-order valence-electron chi connectivity index (χ1n) is 6.99. The van der Waals surface area contributed by atoms with Crippen LogP contribution < -0.4 is 11.1 Å². The third-order valence-corrected chi connectivity index (χ3v) is 3.14. The quantitative estimate of drug-likeness (QED) is 0.748. The Balaban J connectivity index is 2.57. The molecule has 21 heavy (non-hydrogen) atoms. The number of hydrogen-bond acceptors (Lipinski definition) is 4. The highest BCUT2D eigenvalue weighted by molar-refractivity contribution is 5.93. The molecule has 116 valence electrons. The second-order valence-electron chi connectivity index (χ2n) is 5.61. The monoisotopic (exact) mass is 291 g/mol. The molecule has 0 aliphatic heterocycles. The van der Waals surface area contributed by atoms with Crippen molar-refractivity contribution in [2.24, 2.45) is 10.7 Å². The molecule has 3 N–H and O–H groups in total. The van der Waals surface area contributed by atoms with Crippen molar-refractivity contribution in [2.45, 2.75) is 39.0 Å². The number of rotatable bonds is 7. The Bertz CT molecular complexity index is 478. The number of nitrogens with two attached hydrogens (primary N) is 1. The average molecular weight is 291 g/mol. The Hall–Kier alpha value is -1.72. The minimum atomic E-state index is -0.925. The summed E-state index contributed by atoms with van der Waals surface area (Å²) in [5, 5.41) is 2.87. The number of benzene rings is 1. The number of carbonyl (C=O) groups is 1. The average Bonchev–Trinajstić information content (AvgIpc) is 2.45. The summed E-state index contributed by atoms with van der Waals surface area (Å²) in [4.78, 5) is 16.1. The Morgan fingerprint density at radius 1 is 1.38 bits per heavy atom. The van der Waals surface area contributed by atoms with E-state index >= 15 is 0 Å². The van der Waals surface area contributed by atoms with Gasteiger partial charge in [-0.1, -0.05) is 30.3 Å². The standard InChI is InChI=1S/C16H25N3O2/c1-12(18-4)14(19-15(20)16(2,3)17)11-21-10-13-8-6-5-7-9-13/h5-9,14H,10-11,17H2,1-4H3,(H,19,20). The highest BCUT2D eigenvalue weighted by atomic mass is 16.5. The van der Waals surface area contributed by atoms with Crippen LogP contribution in [0.3, 0.4) is 0 Å². The van der Waals surface area contributed by atoms with Crippen molar-refractivity contribution in [1.29, 1.82) is 0 Å². The smallest absolute Gasteiger partial charge is 0.240 e. The molecule has 1 rings (SSSR count). The molecule has 0 saturated heterocycles. The maximum atomic E-state index is 12.0. The van der Waals surface area contributed by atoms with Crippen molar-refractivity contribution in [3.63, 3.8) is 0 Å². The Morgan fingerprint density at radius 3 is 2.52 bits per heavy atom. The highest BCUT2D eigenvalue weighted by Crippen LogP contribution is 2.03. The lowest BCUT2D eigenvalue weighted by Crippen LogP contribution is -2.54. The van der Waals surface area contributed by atoms with Gasteiger partial charge >= 0.3 is 0 Å². The van der Waals surface area contributed by atoms with Gasteiger partial charge in [0.2, 0.25) is 5.91 Å². The van der Waals surface area contributed by atoms with Crippen molar-refractivity contribution in [1.82, 2.24) is 5.32 Å². The number of hydrogen-bond donors (Lipinski definition) is 2. The minimum Gasteiger partial charge on any atom is -0.374 e. The van der Waals surface area contributed by atoms with E-state index < -0.39 is 5.54 Å². The number of nitrogens with one attached hydrogen (secondary N) is 1. The van der Waals surface area contributed by atoms with Crippen molar-refractivity contribution >= 4 is 11.6 Å². The van der Waals surface area contributed by atoms with E-state index in [2.05, 4.69) is 10.3 Å². The molecule has 0 aromatic heterocycles. The molecule has 0 saturated carbocycles. The summed E-state index contributed by atoms with van der Waals surface area (Å²) < 4.78 is 5.68. The third-order valence-electron chi connectivity index (χ3n) is 3.14. The zero-order valence-electron chi connectivity index (χ0n) is 13.2. The lowest BCUT2D eigenvalue weighted by atomic mass is 10.1. The van der Waals surface area contributed by atoms with E-state index in [0.717, 1.165) is 11.3 Å². The van der Waals surface area contributed by atoms with E-state index in [4.69, 9.17) is 10.5 Å². The van der Waals surface area contributed by atoms with E-state index in [0.29, 0.717) is 13.2 Å². The number of aliphatic imine (C=N–C) groups is 1. The topological polar surface area (TPSA) is 76.7 Å². The van der Waals surface area contributed by atoms with E-state index in [-0.39, 0.29) is 11.9 Å². The number of ether oxygens (including phenoxy) is 1. The second-order valence-corrected chi connectivity index (χ2v) is 5.61. The highest BCUT2D eigenvalue weighted by Gasteiger charge is 2.25. The van der Waals surface area contributed by atoms with Crippen molar-refractivity contribution in [3.8, 4) is 0 Å². The fraction of sp³-hybridized carbons (Fsp3) is 0.500. The summed E-state index contributed by atoms with van der Waals surface area (Å²) in [5.41, 5.74) is 6.77. The van der Waals surface area contributed by atoms with E-state index in [1.54, 1.807) is 20.9 Å². The SMILES string of the molecule is CN=C(C)C(COCc1ccccc1)NC(=O)C(C)(C)N. The molecule has 0 bridgehead atoms. The van der Waals surface area contributed by atoms with Gasteiger partial charge in [0.05, 0.1) is 24.8 Å². The molecule has 0 fully saturated rings. The lowest BCUT2D eigenvalue weighted by molar-refractivity contribution is -0.125. The van der Waals surface area contributed by atoms with Crippen LogP contribution in [0.2, 0.25) is 0 Å². The molecule has 5 nitrogen and oxygen atoms in total. The van der Waals surface area contributed by atoms with Crippen LogP contribution in [0.5, 0.6) is 0 Å². The number of carbonyl (C=O) groups excluding carboxylic acids is 1. The summed E-state index contributed by atoms with van der Waals surface area (Å²) in [6, 6.07) is 9.62. The van der Waals surface area contributed by atoms with Crippen molar-refractivity contribution in [2.75, 3.05) is 13.7 Å². The van der Waals surface area contributed by atoms with Crippen LogP contribution in [0.25, 0.3) is 0 Å². The van der Waals surface area contributed by atoms with Crippen LogP contribution in [0.15, 0.2) is 35.3 Å². The zero-order valence-corrected chi connectivity index (χ0v) is 13.2. The minimum absolute atomic E-state index is 0.223. The van der Waals surface area contributed by atoms with E-state index in [9.17, 15) is 4.79 Å². The van der Waals surface area contributed by atoms with E-state index in [1.165, 1.54) is 0 Å². The molecule has 1 unspecified atom stereocenters. The first-order chi connectivity index (χ1) is 9.84. The molecular formula is C16H25N3O2. The predicted octanol–water partition coefficient (Wildman–Crippen LogP) is 1.52. The first kappa shape index (κ1) is 17.3. The lowest BCUT2D eigenvalue weighted by Gasteiger charge is -2.24. The third kappa shape index (κ3) is 6.06. The molecule has 1 aromatic rings. The Kier molecular flexibility index (Phi) is 6.52. The van der Waals surface area contributed by atoms with Gasteiger partial charge in [-0.25, -0.2) is 0 Å². The van der Waals surface area contributed by atoms with Gasteiger partial charge < -0.3 is 15.8 Å². The molecule has 0 aliphatic carbocycles. The fourth-order valence-electron chi connectivity index (χ4n) is 1.64. The van der Waals surface area contributed by atoms with Gasteiger partial charge in [0.1, 0.15) is 0 Å². The molecule has 0 heterocycles. The van der Waals surface area contributed by atoms with Gasteiger partial charge in [-0.15, -0.1) is 0 Å². The van der Waals surface area contributed by atoms with Crippen LogP contribution in [0.1, 0.15) is 26.3 Å². The van der Waals surface area contributed by atoms with Crippen LogP contribution in [-0.4, -0.2) is 36.9 Å². The van der Waals surface area contributed by atoms with Crippen molar-refractivity contribution in [3.05, 3.63) is 35.9 Å². The van der Waals surface area contributed by atoms with Crippen LogP contribution in [-0.2, 0) is 16.1 Å². The molecule has 5 heteroatoms. The first-order valence-corrected chi connectivity index (χ1v) is 6.99. The zero-order chi connectivity index (χ0) is 15.9. The molecular weight excluding hydrogens is 266 g/mol. The summed E-state index contributed by atoms with van der Waals surface area (Å²) in [5.74, 6) is -0.223. The molecule has 1 aromatic carbocycles. The number of nitrogens with zero attached hydrogens (tertiary/aromatic N) is 1. The summed E-state index contributed by atoms with van der Waals surface area (Å²) >= 11 is 0. The van der Waals surface area contributed by atoms with Gasteiger partial charge in [-0.2, -0.15) is 0 Å². The Labute approximate surface area is 126 Å². The van der Waals surface area contributed by atoms with Gasteiger partial charge in [0.15, 0.2) is 0 Å². The maximum Gasteiger partial charge on any atom is 0.240 e. The van der Waals surface area contributed by atoms with Crippen LogP contribution >= 0.6 is 0 Å². The molecule has 1 amide bonds. The van der Waals surface area contributed by atoms with Gasteiger partial charge in [-0.3, -0.25) is 9.79 Å². The summed E-state index contributed by atoms with van der Waals surface area (Å²) in [7, 11) is 1.69. The molecule has 0 radical (unpaired) electrons. The normalized spacial score (nSPS) is 13.9. The van der Waals surface area contributed by atoms with Crippen LogP contribution in [0.4, 0.5) is 0 Å².